The van der Waals surface area contributed by atoms with Crippen molar-refractivity contribution < 1.29 is 0 Å². The number of nitrogens with one attached hydrogen (secondary N) is 1. The van der Waals surface area contributed by atoms with Crippen molar-refractivity contribution in [2.75, 3.05) is 19.6 Å². The van der Waals surface area contributed by atoms with Gasteiger partial charge in [-0.1, -0.05) is 13.8 Å². The van der Waals surface area contributed by atoms with E-state index < -0.39 is 0 Å². The second-order valence-electron chi connectivity index (χ2n) is 5.57. The molecule has 2 aliphatic rings. The summed E-state index contributed by atoms with van der Waals surface area (Å²) in [7, 11) is 0. The number of nitrogens with zero attached hydrogens (tertiary/aromatic N) is 1. The average Bonchev–Trinajstić information content (AvgIpc) is 2.90. The normalized spacial score (nSPS) is 27.8. The Kier molecular flexibility index (Phi) is 4.04. The van der Waals surface area contributed by atoms with Crippen LogP contribution in [0, 0.1) is 5.92 Å². The van der Waals surface area contributed by atoms with E-state index in [2.05, 4.69) is 24.1 Å². The summed E-state index contributed by atoms with van der Waals surface area (Å²) in [5, 5.41) is 3.60. The van der Waals surface area contributed by atoms with Crippen molar-refractivity contribution in [1.82, 2.24) is 10.2 Å². The summed E-state index contributed by atoms with van der Waals surface area (Å²) in [4.78, 5) is 2.71. The predicted octanol–water partition coefficient (Wildman–Crippen LogP) is 2.25. The van der Waals surface area contributed by atoms with Crippen LogP contribution in [0.1, 0.15) is 46.0 Å². The Morgan fingerprint density at radius 1 is 1.27 bits per heavy atom. The van der Waals surface area contributed by atoms with Gasteiger partial charge in [0.15, 0.2) is 0 Å². The first-order valence-electron chi connectivity index (χ1n) is 6.75. The molecular formula is C13H26N2. The van der Waals surface area contributed by atoms with Crippen molar-refractivity contribution in [3.8, 4) is 0 Å². The summed E-state index contributed by atoms with van der Waals surface area (Å²) < 4.78 is 0. The zero-order chi connectivity index (χ0) is 10.7. The van der Waals surface area contributed by atoms with Crippen molar-refractivity contribution in [3.63, 3.8) is 0 Å². The van der Waals surface area contributed by atoms with E-state index in [9.17, 15) is 0 Å². The van der Waals surface area contributed by atoms with Gasteiger partial charge in [0.25, 0.3) is 0 Å². The zero-order valence-corrected chi connectivity index (χ0v) is 10.3. The highest BCUT2D eigenvalue weighted by Crippen LogP contribution is 2.23. The summed E-state index contributed by atoms with van der Waals surface area (Å²) in [5.74, 6) is 0.837. The van der Waals surface area contributed by atoms with Crippen LogP contribution in [0.15, 0.2) is 0 Å². The van der Waals surface area contributed by atoms with Crippen LogP contribution in [0.3, 0.4) is 0 Å². The van der Waals surface area contributed by atoms with Crippen LogP contribution in [0.2, 0.25) is 0 Å². The highest BCUT2D eigenvalue weighted by Gasteiger charge is 2.26. The molecule has 1 unspecified atom stereocenters. The SMILES string of the molecule is CC(C)C1CCCN1CCCNC1CC1. The molecule has 1 saturated heterocycles. The van der Waals surface area contributed by atoms with Gasteiger partial charge in [-0.3, -0.25) is 0 Å². The van der Waals surface area contributed by atoms with Gasteiger partial charge in [-0.25, -0.2) is 0 Å². The van der Waals surface area contributed by atoms with Crippen LogP contribution in [0.25, 0.3) is 0 Å². The molecule has 88 valence electrons. The first kappa shape index (κ1) is 11.4. The summed E-state index contributed by atoms with van der Waals surface area (Å²) in [5.41, 5.74) is 0. The van der Waals surface area contributed by atoms with Crippen LogP contribution in [0.4, 0.5) is 0 Å². The van der Waals surface area contributed by atoms with E-state index in [4.69, 9.17) is 0 Å². The average molecular weight is 210 g/mol. The molecule has 2 fully saturated rings. The molecular weight excluding hydrogens is 184 g/mol. The Morgan fingerprint density at radius 3 is 2.73 bits per heavy atom. The van der Waals surface area contributed by atoms with Crippen LogP contribution >= 0.6 is 0 Å². The number of likely N-dealkylation sites (tertiary alicyclic amines) is 1. The van der Waals surface area contributed by atoms with E-state index in [1.165, 1.54) is 51.7 Å². The third-order valence-electron chi connectivity index (χ3n) is 3.82. The minimum Gasteiger partial charge on any atom is -0.314 e. The van der Waals surface area contributed by atoms with Gasteiger partial charge in [0.2, 0.25) is 0 Å². The molecule has 0 radical (unpaired) electrons. The summed E-state index contributed by atoms with van der Waals surface area (Å²) in [6.07, 6.45) is 7.00. The van der Waals surface area contributed by atoms with Crippen LogP contribution in [-0.2, 0) is 0 Å². The molecule has 0 amide bonds. The minimum absolute atomic E-state index is 0.837. The second-order valence-corrected chi connectivity index (χ2v) is 5.57. The molecule has 0 aromatic carbocycles. The standard InChI is InChI=1S/C13H26N2/c1-11(2)13-5-3-9-15(13)10-4-8-14-12-6-7-12/h11-14H,3-10H2,1-2H3. The fourth-order valence-corrected chi connectivity index (χ4v) is 2.76. The van der Waals surface area contributed by atoms with Crippen molar-refractivity contribution in [3.05, 3.63) is 0 Å². The van der Waals surface area contributed by atoms with Gasteiger partial charge in [-0.05, 0) is 57.7 Å². The van der Waals surface area contributed by atoms with E-state index in [1.807, 2.05) is 0 Å². The summed E-state index contributed by atoms with van der Waals surface area (Å²) in [6, 6.07) is 1.75. The number of hydrogen-bond donors (Lipinski definition) is 1. The minimum atomic E-state index is 0.837. The summed E-state index contributed by atoms with van der Waals surface area (Å²) in [6.45, 7) is 8.61. The fraction of sp³-hybridized carbons (Fsp3) is 1.00. The molecule has 1 aliphatic carbocycles. The van der Waals surface area contributed by atoms with Crippen LogP contribution in [0.5, 0.6) is 0 Å². The Hall–Kier alpha value is -0.0800. The molecule has 1 heterocycles. The van der Waals surface area contributed by atoms with Crippen LogP contribution in [-0.4, -0.2) is 36.6 Å². The van der Waals surface area contributed by atoms with Gasteiger partial charge >= 0.3 is 0 Å². The third kappa shape index (κ3) is 3.46. The lowest BCUT2D eigenvalue weighted by molar-refractivity contribution is 0.204. The van der Waals surface area contributed by atoms with E-state index in [1.54, 1.807) is 0 Å². The Bertz CT molecular complexity index is 187. The lowest BCUT2D eigenvalue weighted by Gasteiger charge is -2.27. The Balaban J connectivity index is 1.59. The van der Waals surface area contributed by atoms with Gasteiger partial charge in [0, 0.05) is 12.1 Å². The molecule has 1 saturated carbocycles. The maximum absolute atomic E-state index is 3.60. The molecule has 2 heteroatoms. The maximum Gasteiger partial charge on any atom is 0.0119 e. The molecule has 15 heavy (non-hydrogen) atoms. The molecule has 1 N–H and O–H groups in total. The van der Waals surface area contributed by atoms with E-state index >= 15 is 0 Å². The van der Waals surface area contributed by atoms with Gasteiger partial charge in [-0.15, -0.1) is 0 Å². The number of hydrogen-bond acceptors (Lipinski definition) is 2. The quantitative estimate of drug-likeness (QED) is 0.676. The first-order valence-corrected chi connectivity index (χ1v) is 6.75. The predicted molar refractivity (Wildman–Crippen MR) is 65.1 cm³/mol. The van der Waals surface area contributed by atoms with E-state index in [0.29, 0.717) is 0 Å². The van der Waals surface area contributed by atoms with Crippen molar-refractivity contribution in [2.45, 2.75) is 58.0 Å². The molecule has 2 nitrogen and oxygen atoms in total. The lowest BCUT2D eigenvalue weighted by Crippen LogP contribution is -2.35. The maximum atomic E-state index is 3.60. The lowest BCUT2D eigenvalue weighted by atomic mass is 10.0. The summed E-state index contributed by atoms with van der Waals surface area (Å²) >= 11 is 0. The van der Waals surface area contributed by atoms with Gasteiger partial charge in [0.1, 0.15) is 0 Å². The third-order valence-corrected chi connectivity index (χ3v) is 3.82. The zero-order valence-electron chi connectivity index (χ0n) is 10.3. The fourth-order valence-electron chi connectivity index (χ4n) is 2.76. The molecule has 0 bridgehead atoms. The van der Waals surface area contributed by atoms with E-state index in [-0.39, 0.29) is 0 Å². The molecule has 2 rings (SSSR count). The van der Waals surface area contributed by atoms with Crippen molar-refractivity contribution in [2.24, 2.45) is 5.92 Å². The first-order chi connectivity index (χ1) is 7.27. The molecule has 0 aromatic rings. The Morgan fingerprint density at radius 2 is 2.07 bits per heavy atom. The van der Waals surface area contributed by atoms with Crippen LogP contribution < -0.4 is 5.32 Å². The highest BCUT2D eigenvalue weighted by molar-refractivity contribution is 4.83. The Labute approximate surface area is 94.4 Å². The monoisotopic (exact) mass is 210 g/mol. The largest absolute Gasteiger partial charge is 0.314 e. The highest BCUT2D eigenvalue weighted by atomic mass is 15.2. The molecule has 0 aromatic heterocycles. The van der Waals surface area contributed by atoms with Crippen molar-refractivity contribution in [1.29, 1.82) is 0 Å². The number of rotatable bonds is 6. The topological polar surface area (TPSA) is 15.3 Å². The van der Waals surface area contributed by atoms with Gasteiger partial charge < -0.3 is 10.2 Å². The second kappa shape index (κ2) is 5.31. The van der Waals surface area contributed by atoms with Gasteiger partial charge in [0.05, 0.1) is 0 Å². The van der Waals surface area contributed by atoms with E-state index in [0.717, 1.165) is 18.0 Å². The molecule has 1 aliphatic heterocycles. The molecule has 0 spiro atoms. The van der Waals surface area contributed by atoms with Crippen molar-refractivity contribution >= 4 is 0 Å². The van der Waals surface area contributed by atoms with Gasteiger partial charge in [-0.2, -0.15) is 0 Å². The smallest absolute Gasteiger partial charge is 0.0119 e. The molecule has 1 atom stereocenters.